The molecule has 1 atom stereocenters. The molecule has 0 saturated heterocycles. The zero-order valence-electron chi connectivity index (χ0n) is 7.78. The maximum absolute atomic E-state index is 10.6. The highest BCUT2D eigenvalue weighted by Crippen LogP contribution is 2.07. The van der Waals surface area contributed by atoms with Crippen molar-refractivity contribution in [3.05, 3.63) is 0 Å². The molecule has 0 spiro atoms. The van der Waals surface area contributed by atoms with Crippen LogP contribution in [-0.4, -0.2) is 34.8 Å². The number of aliphatic carboxylic acids is 1. The summed E-state index contributed by atoms with van der Waals surface area (Å²) in [5.41, 5.74) is -0.240. The number of hydrogen-bond acceptors (Lipinski definition) is 4. The molecule has 0 bridgehead atoms. The number of oxime groups is 1. The van der Waals surface area contributed by atoms with Gasteiger partial charge in [-0.25, -0.2) is 9.59 Å². The van der Waals surface area contributed by atoms with Crippen molar-refractivity contribution >= 4 is 33.7 Å². The first-order chi connectivity index (χ1) is 6.52. The summed E-state index contributed by atoms with van der Waals surface area (Å²) in [6.45, 7) is 1.78. The van der Waals surface area contributed by atoms with Crippen molar-refractivity contribution in [1.82, 2.24) is 5.32 Å². The number of carboxylic acid groups (broad SMARTS) is 1. The van der Waals surface area contributed by atoms with Crippen LogP contribution >= 0.6 is 15.9 Å². The minimum absolute atomic E-state index is 0.240. The van der Waals surface area contributed by atoms with Gasteiger partial charge in [-0.1, -0.05) is 28.0 Å². The zero-order valence-corrected chi connectivity index (χ0v) is 9.37. The van der Waals surface area contributed by atoms with E-state index in [4.69, 9.17) is 5.11 Å². The molecule has 80 valence electrons. The van der Waals surface area contributed by atoms with Gasteiger partial charge in [-0.2, -0.15) is 0 Å². The second kappa shape index (κ2) is 6.36. The number of amides is 1. The van der Waals surface area contributed by atoms with E-state index in [1.165, 1.54) is 7.05 Å². The second-order valence-electron chi connectivity index (χ2n) is 2.29. The Morgan fingerprint density at radius 3 is 2.57 bits per heavy atom. The van der Waals surface area contributed by atoms with Gasteiger partial charge in [-0.3, -0.25) is 4.84 Å². The number of carbonyl (C=O) groups is 2. The van der Waals surface area contributed by atoms with E-state index >= 15 is 0 Å². The molecule has 1 unspecified atom stereocenters. The summed E-state index contributed by atoms with van der Waals surface area (Å²) in [5, 5.41) is 14.1. The first-order valence-electron chi connectivity index (χ1n) is 3.86. The average Bonchev–Trinajstić information content (AvgIpc) is 2.16. The van der Waals surface area contributed by atoms with E-state index in [0.717, 1.165) is 0 Å². The summed E-state index contributed by atoms with van der Waals surface area (Å²) in [7, 11) is 1.35. The fraction of sp³-hybridized carbons (Fsp3) is 0.571. The molecule has 2 N–H and O–H groups in total. The highest BCUT2D eigenvalue weighted by molar-refractivity contribution is 9.10. The zero-order chi connectivity index (χ0) is 11.1. The molecular weight excluding hydrogens is 256 g/mol. The Morgan fingerprint density at radius 1 is 1.64 bits per heavy atom. The highest BCUT2D eigenvalue weighted by Gasteiger charge is 2.19. The average molecular weight is 267 g/mol. The molecule has 0 rings (SSSR count). The van der Waals surface area contributed by atoms with Crippen LogP contribution in [0.25, 0.3) is 0 Å². The SMILES string of the molecule is CCC(Br)C(=NOC(=O)NC)C(=O)O. The van der Waals surface area contributed by atoms with Crippen molar-refractivity contribution in [2.24, 2.45) is 5.16 Å². The van der Waals surface area contributed by atoms with Crippen LogP contribution in [0.4, 0.5) is 4.79 Å². The number of hydrogen-bond donors (Lipinski definition) is 2. The monoisotopic (exact) mass is 266 g/mol. The molecule has 0 fully saturated rings. The Kier molecular flexibility index (Phi) is 5.86. The van der Waals surface area contributed by atoms with Crippen LogP contribution in [0.2, 0.25) is 0 Å². The molecule has 14 heavy (non-hydrogen) atoms. The van der Waals surface area contributed by atoms with Crippen molar-refractivity contribution in [2.75, 3.05) is 7.05 Å². The van der Waals surface area contributed by atoms with Crippen LogP contribution in [-0.2, 0) is 9.63 Å². The number of rotatable bonds is 4. The molecule has 0 aromatic rings. The minimum atomic E-state index is -1.22. The number of nitrogens with one attached hydrogen (secondary N) is 1. The summed E-state index contributed by atoms with van der Waals surface area (Å²) in [4.78, 5) is 25.1. The third-order valence-corrected chi connectivity index (χ3v) is 2.39. The van der Waals surface area contributed by atoms with Gasteiger partial charge in [-0.05, 0) is 6.42 Å². The largest absolute Gasteiger partial charge is 0.477 e. The fourth-order valence-electron chi connectivity index (χ4n) is 0.560. The first kappa shape index (κ1) is 12.9. The third-order valence-electron chi connectivity index (χ3n) is 1.31. The molecule has 6 nitrogen and oxygen atoms in total. The molecule has 0 aliphatic carbocycles. The number of carbonyl (C=O) groups excluding carboxylic acids is 1. The summed E-state index contributed by atoms with van der Waals surface area (Å²) >= 11 is 3.09. The van der Waals surface area contributed by atoms with Gasteiger partial charge in [0.25, 0.3) is 0 Å². The molecule has 0 heterocycles. The minimum Gasteiger partial charge on any atom is -0.477 e. The molecule has 1 amide bonds. The molecule has 0 aliphatic rings. The van der Waals surface area contributed by atoms with Crippen molar-refractivity contribution in [1.29, 1.82) is 0 Å². The topological polar surface area (TPSA) is 88.0 Å². The van der Waals surface area contributed by atoms with E-state index in [1.54, 1.807) is 6.92 Å². The van der Waals surface area contributed by atoms with Gasteiger partial charge in [0.15, 0.2) is 5.71 Å². The van der Waals surface area contributed by atoms with Crippen molar-refractivity contribution in [3.63, 3.8) is 0 Å². The molecular formula is C7H11BrN2O4. The number of halogens is 1. The van der Waals surface area contributed by atoms with Crippen LogP contribution in [0, 0.1) is 0 Å². The first-order valence-corrected chi connectivity index (χ1v) is 4.78. The van der Waals surface area contributed by atoms with Crippen LogP contribution in [0.1, 0.15) is 13.3 Å². The normalized spacial score (nSPS) is 13.2. The third kappa shape index (κ3) is 4.22. The molecule has 7 heteroatoms. The van der Waals surface area contributed by atoms with Crippen molar-refractivity contribution in [2.45, 2.75) is 18.2 Å². The maximum Gasteiger partial charge on any atom is 0.433 e. The predicted octanol–water partition coefficient (Wildman–Crippen LogP) is 0.957. The Hall–Kier alpha value is -1.11. The van der Waals surface area contributed by atoms with Gasteiger partial charge in [0.1, 0.15) is 0 Å². The van der Waals surface area contributed by atoms with E-state index in [1.807, 2.05) is 0 Å². The smallest absolute Gasteiger partial charge is 0.433 e. The van der Waals surface area contributed by atoms with E-state index in [2.05, 4.69) is 31.2 Å². The maximum atomic E-state index is 10.6. The van der Waals surface area contributed by atoms with Crippen molar-refractivity contribution < 1.29 is 19.5 Å². The van der Waals surface area contributed by atoms with Crippen molar-refractivity contribution in [3.8, 4) is 0 Å². The lowest BCUT2D eigenvalue weighted by molar-refractivity contribution is -0.129. The Labute approximate surface area is 89.4 Å². The quantitative estimate of drug-likeness (QED) is 0.343. The van der Waals surface area contributed by atoms with Crippen LogP contribution in [0.3, 0.4) is 0 Å². The van der Waals surface area contributed by atoms with E-state index in [9.17, 15) is 9.59 Å². The summed E-state index contributed by atoms with van der Waals surface area (Å²) in [6, 6.07) is 0. The van der Waals surface area contributed by atoms with Gasteiger partial charge < -0.3 is 10.4 Å². The van der Waals surface area contributed by atoms with E-state index in [-0.39, 0.29) is 5.71 Å². The Bertz CT molecular complexity index is 254. The van der Waals surface area contributed by atoms with Crippen LogP contribution < -0.4 is 5.32 Å². The molecule has 0 aromatic heterocycles. The number of carboxylic acids is 1. The number of nitrogens with zero attached hydrogens (tertiary/aromatic N) is 1. The van der Waals surface area contributed by atoms with E-state index in [0.29, 0.717) is 6.42 Å². The summed E-state index contributed by atoms with van der Waals surface area (Å²) < 4.78 is 0. The number of alkyl halides is 1. The summed E-state index contributed by atoms with van der Waals surface area (Å²) in [6.07, 6.45) is -0.276. The fourth-order valence-corrected chi connectivity index (χ4v) is 0.839. The van der Waals surface area contributed by atoms with Gasteiger partial charge in [0, 0.05) is 7.05 Å². The van der Waals surface area contributed by atoms with Gasteiger partial charge in [-0.15, -0.1) is 0 Å². The van der Waals surface area contributed by atoms with Gasteiger partial charge >= 0.3 is 12.1 Å². The van der Waals surface area contributed by atoms with Crippen LogP contribution in [0.5, 0.6) is 0 Å². The Balaban J connectivity index is 4.49. The van der Waals surface area contributed by atoms with Gasteiger partial charge in [0.05, 0.1) is 4.83 Å². The lowest BCUT2D eigenvalue weighted by Crippen LogP contribution is -2.25. The molecule has 0 aromatic carbocycles. The lowest BCUT2D eigenvalue weighted by atomic mass is 10.2. The predicted molar refractivity (Wildman–Crippen MR) is 53.6 cm³/mol. The summed E-state index contributed by atoms with van der Waals surface area (Å²) in [5.74, 6) is -1.22. The highest BCUT2D eigenvalue weighted by atomic mass is 79.9. The van der Waals surface area contributed by atoms with E-state index < -0.39 is 16.9 Å². The standard InChI is InChI=1S/C7H11BrN2O4/c1-3-4(8)5(6(11)12)10-14-7(13)9-2/h4H,3H2,1-2H3,(H,9,13)(H,11,12). The second-order valence-corrected chi connectivity index (χ2v) is 3.39. The Morgan fingerprint density at radius 2 is 2.21 bits per heavy atom. The van der Waals surface area contributed by atoms with Gasteiger partial charge in [0.2, 0.25) is 0 Å². The lowest BCUT2D eigenvalue weighted by Gasteiger charge is -2.05. The van der Waals surface area contributed by atoms with Crippen LogP contribution in [0.15, 0.2) is 5.16 Å². The molecule has 0 saturated carbocycles. The molecule has 0 radical (unpaired) electrons. The molecule has 0 aliphatic heterocycles.